The van der Waals surface area contributed by atoms with Gasteiger partial charge >= 0.3 is 0 Å². The number of hydrogen-bond donors (Lipinski definition) is 2. The van der Waals surface area contributed by atoms with Crippen molar-refractivity contribution in [2.24, 2.45) is 5.10 Å². The summed E-state index contributed by atoms with van der Waals surface area (Å²) in [5.74, 6) is -0.390. The van der Waals surface area contributed by atoms with Crippen LogP contribution in [0.25, 0.3) is 0 Å². The van der Waals surface area contributed by atoms with Crippen molar-refractivity contribution in [3.63, 3.8) is 0 Å². The van der Waals surface area contributed by atoms with E-state index in [0.717, 1.165) is 18.4 Å². The molecule has 1 amide bonds. The van der Waals surface area contributed by atoms with Crippen LogP contribution in [0.4, 0.5) is 5.69 Å². The van der Waals surface area contributed by atoms with Crippen molar-refractivity contribution in [3.05, 3.63) is 58.6 Å². The van der Waals surface area contributed by atoms with Crippen LogP contribution in [0.5, 0.6) is 0 Å². The van der Waals surface area contributed by atoms with E-state index in [0.29, 0.717) is 10.6 Å². The first kappa shape index (κ1) is 18.8. The zero-order valence-corrected chi connectivity index (χ0v) is 17.7. The molecule has 0 bridgehead atoms. The molecule has 0 unspecified atom stereocenters. The lowest BCUT2D eigenvalue weighted by Crippen LogP contribution is -2.18. The second-order valence-corrected chi connectivity index (χ2v) is 7.60. The summed E-state index contributed by atoms with van der Waals surface area (Å²) in [6.45, 7) is 0. The first-order chi connectivity index (χ1) is 10.9. The summed E-state index contributed by atoms with van der Waals surface area (Å²) in [6, 6.07) is 8.62. The molecule has 8 heteroatoms. The van der Waals surface area contributed by atoms with Gasteiger partial charge in [-0.3, -0.25) is 4.79 Å². The summed E-state index contributed by atoms with van der Waals surface area (Å²) < 4.78 is 2.15. The molecule has 0 saturated heterocycles. The van der Waals surface area contributed by atoms with Gasteiger partial charge in [0.25, 0.3) is 5.91 Å². The molecule has 0 radical (unpaired) electrons. The molecule has 0 aliphatic heterocycles. The van der Waals surface area contributed by atoms with Crippen LogP contribution in [-0.4, -0.2) is 19.2 Å². The zero-order chi connectivity index (χ0) is 17.0. The quantitative estimate of drug-likeness (QED) is 0.307. The second-order valence-electron chi connectivity index (χ2n) is 4.43. The molecule has 0 aliphatic carbocycles. The van der Waals surface area contributed by atoms with E-state index in [1.807, 2.05) is 19.2 Å². The number of anilines is 1. The topological polar surface area (TPSA) is 53.5 Å². The van der Waals surface area contributed by atoms with E-state index < -0.39 is 0 Å². The molecule has 2 N–H and O–H groups in total. The Hall–Kier alpha value is -0.580. The monoisotopic (exact) mass is 573 g/mol. The largest absolute Gasteiger partial charge is 0.386 e. The average molecular weight is 574 g/mol. The Morgan fingerprint density at radius 3 is 2.39 bits per heavy atom. The van der Waals surface area contributed by atoms with E-state index in [-0.39, 0.29) is 10.9 Å². The molecule has 0 fully saturated rings. The van der Waals surface area contributed by atoms with E-state index in [1.165, 1.54) is 6.07 Å². The summed E-state index contributed by atoms with van der Waals surface area (Å²) in [5, 5.41) is 7.88. The van der Waals surface area contributed by atoms with Crippen LogP contribution < -0.4 is 10.7 Å². The van der Waals surface area contributed by atoms with E-state index >= 15 is 0 Å². The normalized spacial score (nSPS) is 10.8. The van der Waals surface area contributed by atoms with Gasteiger partial charge in [-0.2, -0.15) is 5.10 Å². The summed E-state index contributed by atoms with van der Waals surface area (Å²) in [4.78, 5) is 12.0. The molecule has 2 aromatic carbocycles. The van der Waals surface area contributed by atoms with E-state index in [4.69, 9.17) is 23.2 Å². The molecule has 0 spiro atoms. The number of nitrogens with zero attached hydrogens (tertiary/aromatic N) is 1. The highest BCUT2D eigenvalue weighted by molar-refractivity contribution is 14.1. The molecule has 0 atom stereocenters. The molecule has 0 heterocycles. The lowest BCUT2D eigenvalue weighted by Gasteiger charge is -2.07. The number of hydrogen-bond acceptors (Lipinski definition) is 3. The number of halogens is 4. The average Bonchev–Trinajstić information content (AvgIpc) is 2.46. The third kappa shape index (κ3) is 4.94. The van der Waals surface area contributed by atoms with E-state index in [1.54, 1.807) is 18.3 Å². The number of amides is 1. The molecule has 2 rings (SSSR count). The molecule has 23 heavy (non-hydrogen) atoms. The number of benzene rings is 2. The fraction of sp³-hybridized carbons (Fsp3) is 0.0667. The molecule has 0 aliphatic rings. The summed E-state index contributed by atoms with van der Waals surface area (Å²) in [6.07, 6.45) is 1.59. The molecular weight excluding hydrogens is 563 g/mol. The highest BCUT2D eigenvalue weighted by Gasteiger charge is 2.10. The second kappa shape index (κ2) is 8.50. The standard InChI is InChI=1S/C15H11Cl2I2N3O/c1-20-14-12(18)4-8(5-13(14)19)7-21-22-15(23)10-3-2-9(16)6-11(10)17/h2-7,20H,1H3,(H,22,23)/b21-7-. The molecule has 2 aromatic rings. The fourth-order valence-corrected chi connectivity index (χ4v) is 4.66. The van der Waals surface area contributed by atoms with Crippen molar-refractivity contribution in [3.8, 4) is 0 Å². The van der Waals surface area contributed by atoms with Gasteiger partial charge in [-0.15, -0.1) is 0 Å². The van der Waals surface area contributed by atoms with Crippen LogP contribution in [-0.2, 0) is 0 Å². The predicted molar refractivity (Wildman–Crippen MR) is 113 cm³/mol. The van der Waals surface area contributed by atoms with Gasteiger partial charge in [0.2, 0.25) is 0 Å². The Kier molecular flexibility index (Phi) is 6.93. The number of carbonyl (C=O) groups excluding carboxylic acids is 1. The summed E-state index contributed by atoms with van der Waals surface area (Å²) in [7, 11) is 1.88. The Morgan fingerprint density at radius 1 is 1.17 bits per heavy atom. The fourth-order valence-electron chi connectivity index (χ4n) is 1.81. The minimum absolute atomic E-state index is 0.285. The van der Waals surface area contributed by atoms with Gasteiger partial charge in [-0.1, -0.05) is 23.2 Å². The predicted octanol–water partition coefficient (Wildman–Crippen LogP) is 5.01. The first-order valence-corrected chi connectivity index (χ1v) is 9.29. The Morgan fingerprint density at radius 2 is 1.83 bits per heavy atom. The van der Waals surface area contributed by atoms with Crippen LogP contribution in [0, 0.1) is 7.14 Å². The number of nitrogens with one attached hydrogen (secondary N) is 2. The molecular formula is C15H11Cl2I2N3O. The van der Waals surface area contributed by atoms with Crippen molar-refractivity contribution >= 4 is 86.2 Å². The zero-order valence-electron chi connectivity index (χ0n) is 11.8. The van der Waals surface area contributed by atoms with Gasteiger partial charge in [-0.05, 0) is 81.1 Å². The first-order valence-electron chi connectivity index (χ1n) is 6.37. The Bertz CT molecular complexity index is 758. The number of rotatable bonds is 4. The molecule has 4 nitrogen and oxygen atoms in total. The van der Waals surface area contributed by atoms with Crippen molar-refractivity contribution in [1.82, 2.24) is 5.43 Å². The van der Waals surface area contributed by atoms with Gasteiger partial charge in [-0.25, -0.2) is 5.43 Å². The lowest BCUT2D eigenvalue weighted by molar-refractivity contribution is 0.0955. The molecule has 120 valence electrons. The van der Waals surface area contributed by atoms with Crippen molar-refractivity contribution < 1.29 is 4.79 Å². The van der Waals surface area contributed by atoms with E-state index in [2.05, 4.69) is 61.0 Å². The van der Waals surface area contributed by atoms with Crippen molar-refractivity contribution in [1.29, 1.82) is 0 Å². The van der Waals surface area contributed by atoms with E-state index in [9.17, 15) is 4.79 Å². The van der Waals surface area contributed by atoms with Crippen LogP contribution >= 0.6 is 68.4 Å². The number of hydrazone groups is 1. The SMILES string of the molecule is CNc1c(I)cc(/C=N\NC(=O)c2ccc(Cl)cc2Cl)cc1I. The van der Waals surface area contributed by atoms with Crippen molar-refractivity contribution in [2.45, 2.75) is 0 Å². The molecule has 0 aromatic heterocycles. The molecule has 0 saturated carbocycles. The third-order valence-electron chi connectivity index (χ3n) is 2.87. The minimum atomic E-state index is -0.390. The van der Waals surface area contributed by atoms with Gasteiger partial charge in [0.15, 0.2) is 0 Å². The van der Waals surface area contributed by atoms with Gasteiger partial charge in [0.1, 0.15) is 0 Å². The summed E-state index contributed by atoms with van der Waals surface area (Å²) in [5.41, 5.74) is 4.74. The highest BCUT2D eigenvalue weighted by Crippen LogP contribution is 2.25. The highest BCUT2D eigenvalue weighted by atomic mass is 127. The van der Waals surface area contributed by atoms with Gasteiger partial charge in [0.05, 0.1) is 22.5 Å². The maximum atomic E-state index is 12.0. The van der Waals surface area contributed by atoms with Gasteiger partial charge in [0, 0.05) is 19.2 Å². The van der Waals surface area contributed by atoms with Crippen LogP contribution in [0.3, 0.4) is 0 Å². The van der Waals surface area contributed by atoms with Crippen LogP contribution in [0.15, 0.2) is 35.4 Å². The Balaban J connectivity index is 2.11. The third-order valence-corrected chi connectivity index (χ3v) is 5.12. The van der Waals surface area contributed by atoms with Crippen LogP contribution in [0.2, 0.25) is 10.0 Å². The summed E-state index contributed by atoms with van der Waals surface area (Å²) >= 11 is 16.3. The van der Waals surface area contributed by atoms with Crippen molar-refractivity contribution in [2.75, 3.05) is 12.4 Å². The number of carbonyl (C=O) groups is 1. The van der Waals surface area contributed by atoms with Gasteiger partial charge < -0.3 is 5.32 Å². The Labute approximate surface area is 171 Å². The smallest absolute Gasteiger partial charge is 0.272 e. The maximum absolute atomic E-state index is 12.0. The lowest BCUT2D eigenvalue weighted by atomic mass is 10.2. The maximum Gasteiger partial charge on any atom is 0.272 e. The van der Waals surface area contributed by atoms with Crippen LogP contribution in [0.1, 0.15) is 15.9 Å². The minimum Gasteiger partial charge on any atom is -0.386 e.